The number of rotatable bonds is 2. The van der Waals surface area contributed by atoms with Crippen molar-refractivity contribution in [3.8, 4) is 0 Å². The van der Waals surface area contributed by atoms with Crippen LogP contribution < -0.4 is 5.32 Å². The molecule has 0 saturated heterocycles. The van der Waals surface area contributed by atoms with E-state index in [4.69, 9.17) is 0 Å². The van der Waals surface area contributed by atoms with Gasteiger partial charge in [-0.15, -0.1) is 0 Å². The smallest absolute Gasteiger partial charge is 0.320 e. The average molecular weight is 221 g/mol. The van der Waals surface area contributed by atoms with Gasteiger partial charge in [0.05, 0.1) is 11.9 Å². The number of nitrogens with one attached hydrogen (secondary N) is 1. The largest absolute Gasteiger partial charge is 0.322 e. The molecular weight excluding hydrogens is 202 g/mol. The molecule has 0 saturated carbocycles. The minimum atomic E-state index is -0.180. The van der Waals surface area contributed by atoms with Gasteiger partial charge in [0.1, 0.15) is 0 Å². The van der Waals surface area contributed by atoms with Crippen molar-refractivity contribution in [1.29, 1.82) is 0 Å². The van der Waals surface area contributed by atoms with Crippen molar-refractivity contribution in [3.05, 3.63) is 24.5 Å². The van der Waals surface area contributed by atoms with E-state index < -0.39 is 0 Å². The highest BCUT2D eigenvalue weighted by Gasteiger charge is 2.24. The lowest BCUT2D eigenvalue weighted by Gasteiger charge is -2.34. The van der Waals surface area contributed by atoms with Gasteiger partial charge in [-0.25, -0.2) is 4.79 Å². The van der Waals surface area contributed by atoms with Crippen molar-refractivity contribution in [2.24, 2.45) is 0 Å². The molecule has 0 unspecified atom stereocenters. The summed E-state index contributed by atoms with van der Waals surface area (Å²) in [6.45, 7) is 8.68. The molecule has 1 rings (SSSR count). The van der Waals surface area contributed by atoms with Crippen LogP contribution in [0.3, 0.4) is 0 Å². The van der Waals surface area contributed by atoms with Crippen LogP contribution in [0.15, 0.2) is 24.5 Å². The first-order chi connectivity index (χ1) is 7.45. The fraction of sp³-hybridized carbons (Fsp3) is 0.500. The Morgan fingerprint density at radius 1 is 1.50 bits per heavy atom. The van der Waals surface area contributed by atoms with Crippen molar-refractivity contribution in [2.75, 3.05) is 11.9 Å². The van der Waals surface area contributed by atoms with Gasteiger partial charge in [0.25, 0.3) is 0 Å². The number of carbonyl (C=O) groups is 1. The summed E-state index contributed by atoms with van der Waals surface area (Å²) in [4.78, 5) is 17.7. The Bertz CT molecular complexity index is 343. The van der Waals surface area contributed by atoms with Gasteiger partial charge in [-0.2, -0.15) is 0 Å². The van der Waals surface area contributed by atoms with Crippen molar-refractivity contribution in [2.45, 2.75) is 33.2 Å². The van der Waals surface area contributed by atoms with Crippen molar-refractivity contribution >= 4 is 11.7 Å². The first kappa shape index (κ1) is 12.5. The van der Waals surface area contributed by atoms with Crippen LogP contribution in [0.1, 0.15) is 27.7 Å². The van der Waals surface area contributed by atoms with Crippen LogP contribution in [-0.4, -0.2) is 28.0 Å². The molecule has 0 bridgehead atoms. The number of aromatic nitrogens is 1. The van der Waals surface area contributed by atoms with E-state index in [0.29, 0.717) is 6.54 Å². The maximum atomic E-state index is 12.0. The summed E-state index contributed by atoms with van der Waals surface area (Å²) in [7, 11) is 0. The second-order valence-corrected chi connectivity index (χ2v) is 4.59. The zero-order valence-corrected chi connectivity index (χ0v) is 10.3. The Morgan fingerprint density at radius 3 is 2.62 bits per heavy atom. The molecule has 0 aliphatic heterocycles. The maximum absolute atomic E-state index is 12.0. The summed E-state index contributed by atoms with van der Waals surface area (Å²) in [6.07, 6.45) is 3.31. The van der Waals surface area contributed by atoms with Gasteiger partial charge in [-0.05, 0) is 39.8 Å². The first-order valence-electron chi connectivity index (χ1n) is 5.44. The van der Waals surface area contributed by atoms with E-state index in [2.05, 4.69) is 10.3 Å². The predicted octanol–water partition coefficient (Wildman–Crippen LogP) is 2.73. The lowest BCUT2D eigenvalue weighted by atomic mass is 10.1. The maximum Gasteiger partial charge on any atom is 0.322 e. The third kappa shape index (κ3) is 3.22. The highest BCUT2D eigenvalue weighted by molar-refractivity contribution is 5.89. The number of amides is 2. The van der Waals surface area contributed by atoms with E-state index in [-0.39, 0.29) is 11.6 Å². The van der Waals surface area contributed by atoms with Gasteiger partial charge in [-0.3, -0.25) is 4.98 Å². The molecule has 0 spiro atoms. The summed E-state index contributed by atoms with van der Waals surface area (Å²) >= 11 is 0. The van der Waals surface area contributed by atoms with E-state index in [1.54, 1.807) is 23.4 Å². The van der Waals surface area contributed by atoms with Crippen LogP contribution in [0, 0.1) is 0 Å². The van der Waals surface area contributed by atoms with Crippen molar-refractivity contribution < 1.29 is 4.79 Å². The molecule has 0 aliphatic rings. The molecule has 1 aromatic heterocycles. The zero-order valence-electron chi connectivity index (χ0n) is 10.3. The second kappa shape index (κ2) is 4.96. The number of hydrogen-bond acceptors (Lipinski definition) is 2. The van der Waals surface area contributed by atoms with Crippen molar-refractivity contribution in [3.63, 3.8) is 0 Å². The fourth-order valence-corrected chi connectivity index (χ4v) is 1.55. The highest BCUT2D eigenvalue weighted by atomic mass is 16.2. The summed E-state index contributed by atoms with van der Waals surface area (Å²) in [5, 5.41) is 2.82. The molecule has 4 nitrogen and oxygen atoms in total. The fourth-order valence-electron chi connectivity index (χ4n) is 1.55. The van der Waals surface area contributed by atoms with Gasteiger partial charge in [0.15, 0.2) is 0 Å². The average Bonchev–Trinajstić information content (AvgIpc) is 2.17. The van der Waals surface area contributed by atoms with Crippen LogP contribution in [0.5, 0.6) is 0 Å². The molecule has 1 heterocycles. The Hall–Kier alpha value is -1.58. The minimum absolute atomic E-state index is 0.0944. The van der Waals surface area contributed by atoms with Crippen LogP contribution in [-0.2, 0) is 0 Å². The van der Waals surface area contributed by atoms with E-state index in [9.17, 15) is 4.79 Å². The van der Waals surface area contributed by atoms with Gasteiger partial charge in [0, 0.05) is 18.3 Å². The summed E-state index contributed by atoms with van der Waals surface area (Å²) < 4.78 is 0. The number of carbonyl (C=O) groups excluding carboxylic acids is 1. The molecule has 0 fully saturated rings. The quantitative estimate of drug-likeness (QED) is 0.834. The minimum Gasteiger partial charge on any atom is -0.320 e. The van der Waals surface area contributed by atoms with Crippen LogP contribution in [0.4, 0.5) is 10.5 Å². The standard InChI is InChI=1S/C12H19N3O/c1-5-15(12(2,3)4)11(16)14-10-7-6-8-13-9-10/h6-9H,5H2,1-4H3,(H,14,16). The third-order valence-corrected chi connectivity index (χ3v) is 2.28. The topological polar surface area (TPSA) is 45.2 Å². The van der Waals surface area contributed by atoms with E-state index in [1.165, 1.54) is 0 Å². The highest BCUT2D eigenvalue weighted by Crippen LogP contribution is 2.14. The van der Waals surface area contributed by atoms with Crippen LogP contribution >= 0.6 is 0 Å². The van der Waals surface area contributed by atoms with Gasteiger partial charge in [0.2, 0.25) is 0 Å². The monoisotopic (exact) mass is 221 g/mol. The van der Waals surface area contributed by atoms with E-state index in [0.717, 1.165) is 5.69 Å². The van der Waals surface area contributed by atoms with Gasteiger partial charge < -0.3 is 10.2 Å². The summed E-state index contributed by atoms with van der Waals surface area (Å²) in [6, 6.07) is 3.52. The molecule has 1 N–H and O–H groups in total. The predicted molar refractivity (Wildman–Crippen MR) is 65.4 cm³/mol. The Balaban J connectivity index is 2.71. The first-order valence-corrected chi connectivity index (χ1v) is 5.44. The molecule has 16 heavy (non-hydrogen) atoms. The lowest BCUT2D eigenvalue weighted by molar-refractivity contribution is 0.162. The normalized spacial score (nSPS) is 11.0. The molecule has 2 amide bonds. The third-order valence-electron chi connectivity index (χ3n) is 2.28. The molecule has 0 aromatic carbocycles. The second-order valence-electron chi connectivity index (χ2n) is 4.59. The molecule has 0 radical (unpaired) electrons. The molecule has 88 valence electrons. The number of anilines is 1. The molecule has 0 aliphatic carbocycles. The van der Waals surface area contributed by atoms with Gasteiger partial charge >= 0.3 is 6.03 Å². The summed E-state index contributed by atoms with van der Waals surface area (Å²) in [5.74, 6) is 0. The number of urea groups is 1. The van der Waals surface area contributed by atoms with Crippen molar-refractivity contribution in [1.82, 2.24) is 9.88 Å². The Kier molecular flexibility index (Phi) is 3.88. The molecule has 1 aromatic rings. The molecule has 4 heteroatoms. The summed E-state index contributed by atoms with van der Waals surface area (Å²) in [5.41, 5.74) is 0.538. The number of hydrogen-bond donors (Lipinski definition) is 1. The zero-order chi connectivity index (χ0) is 12.2. The van der Waals surface area contributed by atoms with E-state index in [1.807, 2.05) is 33.8 Å². The lowest BCUT2D eigenvalue weighted by Crippen LogP contribution is -2.47. The SMILES string of the molecule is CCN(C(=O)Nc1cccnc1)C(C)(C)C. The Morgan fingerprint density at radius 2 is 2.19 bits per heavy atom. The van der Waals surface area contributed by atoms with Gasteiger partial charge in [-0.1, -0.05) is 0 Å². The Labute approximate surface area is 96.7 Å². The molecular formula is C12H19N3O. The van der Waals surface area contributed by atoms with E-state index >= 15 is 0 Å². The number of pyridine rings is 1. The van der Waals surface area contributed by atoms with Crippen LogP contribution in [0.2, 0.25) is 0 Å². The number of nitrogens with zero attached hydrogens (tertiary/aromatic N) is 2. The van der Waals surface area contributed by atoms with Crippen LogP contribution in [0.25, 0.3) is 0 Å². The molecule has 0 atom stereocenters.